The summed E-state index contributed by atoms with van der Waals surface area (Å²) in [6.45, 7) is -0.902. The van der Waals surface area contributed by atoms with Crippen LogP contribution in [-0.2, 0) is 14.3 Å². The van der Waals surface area contributed by atoms with Crippen LogP contribution in [0.2, 0.25) is 0 Å². The molecule has 34 heavy (non-hydrogen) atoms. The van der Waals surface area contributed by atoms with Gasteiger partial charge in [-0.1, -0.05) is 18.2 Å². The van der Waals surface area contributed by atoms with Gasteiger partial charge >= 0.3 is 5.97 Å². The maximum atomic E-state index is 12.3. The first kappa shape index (κ1) is 24.1. The van der Waals surface area contributed by atoms with Crippen molar-refractivity contribution in [2.75, 3.05) is 32.7 Å². The van der Waals surface area contributed by atoms with Gasteiger partial charge in [-0.25, -0.2) is 0 Å². The number of para-hydroxylation sites is 1. The number of benzene rings is 3. The first-order valence-corrected chi connectivity index (χ1v) is 10.3. The van der Waals surface area contributed by atoms with Crippen LogP contribution < -0.4 is 24.8 Å². The normalized spacial score (nSPS) is 10.1. The Kier molecular flexibility index (Phi) is 8.45. The van der Waals surface area contributed by atoms with Crippen molar-refractivity contribution in [3.8, 4) is 23.0 Å². The van der Waals surface area contributed by atoms with Gasteiger partial charge in [0.05, 0.1) is 14.2 Å². The van der Waals surface area contributed by atoms with Crippen LogP contribution in [0, 0.1) is 0 Å². The van der Waals surface area contributed by atoms with E-state index >= 15 is 0 Å². The summed E-state index contributed by atoms with van der Waals surface area (Å²) in [5.74, 6) is 0.381. The van der Waals surface area contributed by atoms with Gasteiger partial charge in [0.15, 0.2) is 6.61 Å². The monoisotopic (exact) mass is 464 g/mol. The fourth-order valence-electron chi connectivity index (χ4n) is 2.82. The highest BCUT2D eigenvalue weighted by Crippen LogP contribution is 2.23. The Balaban J connectivity index is 1.41. The Bertz CT molecular complexity index is 1110. The van der Waals surface area contributed by atoms with Crippen molar-refractivity contribution in [2.45, 2.75) is 0 Å². The van der Waals surface area contributed by atoms with E-state index in [-0.39, 0.29) is 5.56 Å². The van der Waals surface area contributed by atoms with E-state index in [4.69, 9.17) is 18.9 Å². The highest BCUT2D eigenvalue weighted by Gasteiger charge is 2.13. The third kappa shape index (κ3) is 7.27. The molecule has 176 valence electrons. The lowest BCUT2D eigenvalue weighted by atomic mass is 10.2. The van der Waals surface area contributed by atoms with E-state index in [1.54, 1.807) is 30.3 Å². The summed E-state index contributed by atoms with van der Waals surface area (Å²) in [6, 6.07) is 20.7. The van der Waals surface area contributed by atoms with E-state index in [9.17, 15) is 14.4 Å². The van der Waals surface area contributed by atoms with Crippen LogP contribution >= 0.6 is 0 Å². The molecule has 3 aromatic carbocycles. The van der Waals surface area contributed by atoms with E-state index in [0.29, 0.717) is 28.7 Å². The van der Waals surface area contributed by atoms with E-state index in [2.05, 4.69) is 10.6 Å². The number of methoxy groups -OCH3 is 2. The van der Waals surface area contributed by atoms with Crippen LogP contribution in [-0.4, -0.2) is 45.2 Å². The molecule has 0 fully saturated rings. The summed E-state index contributed by atoms with van der Waals surface area (Å²) in [7, 11) is 2.93. The molecule has 0 radical (unpaired) electrons. The standard InChI is InChI=1S/C25H24N2O7/c1-31-21-12-17(13-22(14-21)32-2)25(30)26-15-24(29)33-16-23(28)27-18-8-10-20(11-9-18)34-19-6-4-3-5-7-19/h3-14H,15-16H2,1-2H3,(H,26,30)(H,27,28). The zero-order valence-corrected chi connectivity index (χ0v) is 18.7. The van der Waals surface area contributed by atoms with Crippen LogP contribution in [0.4, 0.5) is 5.69 Å². The maximum absolute atomic E-state index is 12.3. The molecular weight excluding hydrogens is 440 g/mol. The summed E-state index contributed by atoms with van der Waals surface area (Å²) < 4.78 is 20.8. The van der Waals surface area contributed by atoms with Gasteiger partial charge in [0.25, 0.3) is 11.8 Å². The Morgan fingerprint density at radius 1 is 0.765 bits per heavy atom. The number of carbonyl (C=O) groups excluding carboxylic acids is 3. The molecule has 0 bridgehead atoms. The molecule has 9 nitrogen and oxygen atoms in total. The Morgan fingerprint density at radius 2 is 1.38 bits per heavy atom. The molecule has 2 amide bonds. The van der Waals surface area contributed by atoms with Gasteiger partial charge in [0.1, 0.15) is 29.5 Å². The van der Waals surface area contributed by atoms with Gasteiger partial charge in [-0.2, -0.15) is 0 Å². The number of hydrogen-bond acceptors (Lipinski definition) is 7. The number of amides is 2. The predicted octanol–water partition coefficient (Wildman–Crippen LogP) is 3.41. The molecule has 0 aliphatic heterocycles. The minimum atomic E-state index is -0.759. The van der Waals surface area contributed by atoms with E-state index in [1.807, 2.05) is 30.3 Å². The topological polar surface area (TPSA) is 112 Å². The lowest BCUT2D eigenvalue weighted by molar-refractivity contribution is -0.146. The van der Waals surface area contributed by atoms with Gasteiger partial charge in [-0.3, -0.25) is 14.4 Å². The molecule has 0 aromatic heterocycles. The van der Waals surface area contributed by atoms with Crippen LogP contribution in [0.3, 0.4) is 0 Å². The number of anilines is 1. The second-order valence-corrected chi connectivity index (χ2v) is 6.93. The lowest BCUT2D eigenvalue weighted by Crippen LogP contribution is -2.32. The van der Waals surface area contributed by atoms with Crippen LogP contribution in [0.15, 0.2) is 72.8 Å². The van der Waals surface area contributed by atoms with Gasteiger partial charge in [0, 0.05) is 17.3 Å². The number of ether oxygens (including phenoxy) is 4. The van der Waals surface area contributed by atoms with Gasteiger partial charge < -0.3 is 29.6 Å². The van der Waals surface area contributed by atoms with Crippen LogP contribution in [0.25, 0.3) is 0 Å². The summed E-state index contributed by atoms with van der Waals surface area (Å²) >= 11 is 0. The predicted molar refractivity (Wildman–Crippen MR) is 124 cm³/mol. The molecule has 0 saturated heterocycles. The highest BCUT2D eigenvalue weighted by molar-refractivity contribution is 5.97. The Hall–Kier alpha value is -4.53. The first-order valence-electron chi connectivity index (χ1n) is 10.3. The molecule has 0 aliphatic rings. The van der Waals surface area contributed by atoms with Crippen LogP contribution in [0.5, 0.6) is 23.0 Å². The molecule has 0 heterocycles. The molecule has 9 heteroatoms. The Morgan fingerprint density at radius 3 is 2.00 bits per heavy atom. The number of hydrogen-bond donors (Lipinski definition) is 2. The maximum Gasteiger partial charge on any atom is 0.325 e. The SMILES string of the molecule is COc1cc(OC)cc(C(=O)NCC(=O)OCC(=O)Nc2ccc(Oc3ccccc3)cc2)c1. The van der Waals surface area contributed by atoms with Crippen molar-refractivity contribution < 1.29 is 33.3 Å². The summed E-state index contributed by atoms with van der Waals surface area (Å²) in [4.78, 5) is 36.3. The van der Waals surface area contributed by atoms with Crippen LogP contribution in [0.1, 0.15) is 10.4 Å². The lowest BCUT2D eigenvalue weighted by Gasteiger charge is -2.10. The molecule has 0 unspecified atom stereocenters. The third-order valence-corrected chi connectivity index (χ3v) is 4.49. The smallest absolute Gasteiger partial charge is 0.325 e. The molecule has 0 aliphatic carbocycles. The van der Waals surface area contributed by atoms with Crippen molar-refractivity contribution in [1.29, 1.82) is 0 Å². The van der Waals surface area contributed by atoms with Crippen molar-refractivity contribution in [3.05, 3.63) is 78.4 Å². The second-order valence-electron chi connectivity index (χ2n) is 6.93. The molecular formula is C25H24N2O7. The Labute approximate surface area is 196 Å². The minimum absolute atomic E-state index is 0.251. The van der Waals surface area contributed by atoms with Gasteiger partial charge in [-0.05, 0) is 48.5 Å². The molecule has 0 atom stereocenters. The summed E-state index contributed by atoms with van der Waals surface area (Å²) in [6.07, 6.45) is 0. The highest BCUT2D eigenvalue weighted by atomic mass is 16.5. The van der Waals surface area contributed by atoms with Gasteiger partial charge in [-0.15, -0.1) is 0 Å². The van der Waals surface area contributed by atoms with Crippen molar-refractivity contribution >= 4 is 23.5 Å². The molecule has 0 saturated carbocycles. The second kappa shape index (κ2) is 11.9. The molecule has 3 rings (SSSR count). The third-order valence-electron chi connectivity index (χ3n) is 4.49. The average Bonchev–Trinajstić information content (AvgIpc) is 2.87. The number of carbonyl (C=O) groups is 3. The zero-order chi connectivity index (χ0) is 24.3. The molecule has 2 N–H and O–H groups in total. The fraction of sp³-hybridized carbons (Fsp3) is 0.160. The van der Waals surface area contributed by atoms with Crippen molar-refractivity contribution in [3.63, 3.8) is 0 Å². The summed E-state index contributed by atoms with van der Waals surface area (Å²) in [5, 5.41) is 5.05. The van der Waals surface area contributed by atoms with Gasteiger partial charge in [0.2, 0.25) is 0 Å². The number of nitrogens with one attached hydrogen (secondary N) is 2. The van der Waals surface area contributed by atoms with E-state index in [0.717, 1.165) is 0 Å². The number of esters is 1. The zero-order valence-electron chi connectivity index (χ0n) is 18.7. The molecule has 0 spiro atoms. The quantitative estimate of drug-likeness (QED) is 0.442. The van der Waals surface area contributed by atoms with E-state index < -0.39 is 30.9 Å². The minimum Gasteiger partial charge on any atom is -0.497 e. The average molecular weight is 464 g/mol. The van der Waals surface area contributed by atoms with E-state index in [1.165, 1.54) is 26.4 Å². The molecule has 3 aromatic rings. The largest absolute Gasteiger partial charge is 0.497 e. The first-order chi connectivity index (χ1) is 16.5. The summed E-state index contributed by atoms with van der Waals surface area (Å²) in [5.41, 5.74) is 0.767. The number of rotatable bonds is 10. The van der Waals surface area contributed by atoms with Crippen molar-refractivity contribution in [2.24, 2.45) is 0 Å². The fourth-order valence-corrected chi connectivity index (χ4v) is 2.82. The van der Waals surface area contributed by atoms with Crippen molar-refractivity contribution in [1.82, 2.24) is 5.32 Å².